The smallest absolute Gasteiger partial charge is 0.0624 e. The van der Waals surface area contributed by atoms with Crippen molar-refractivity contribution < 1.29 is 0 Å². The summed E-state index contributed by atoms with van der Waals surface area (Å²) in [5.74, 6) is 0.602. The van der Waals surface area contributed by atoms with Crippen molar-refractivity contribution in [3.8, 4) is 6.07 Å². The van der Waals surface area contributed by atoms with Gasteiger partial charge in [0, 0.05) is 29.7 Å². The van der Waals surface area contributed by atoms with Gasteiger partial charge in [-0.25, -0.2) is 0 Å². The van der Waals surface area contributed by atoms with Crippen molar-refractivity contribution in [3.63, 3.8) is 0 Å². The molecule has 1 fully saturated rings. The molecular weight excluding hydrogens is 276 g/mol. The van der Waals surface area contributed by atoms with E-state index in [1.165, 1.54) is 15.7 Å². The molecule has 0 saturated carbocycles. The third kappa shape index (κ3) is 3.01. The number of piperidine rings is 1. The van der Waals surface area contributed by atoms with Crippen molar-refractivity contribution >= 4 is 21.6 Å². The summed E-state index contributed by atoms with van der Waals surface area (Å²) in [6.45, 7) is 4.25. The molecule has 0 aliphatic carbocycles. The molecule has 1 saturated heterocycles. The largest absolute Gasteiger partial charge is 0.371 e. The third-order valence-electron chi connectivity index (χ3n) is 3.52. The second kappa shape index (κ2) is 5.55. The fourth-order valence-electron chi connectivity index (χ4n) is 2.30. The van der Waals surface area contributed by atoms with E-state index < -0.39 is 0 Å². The summed E-state index contributed by atoms with van der Waals surface area (Å²) >= 11 is 3.58. The molecular formula is C14H17BrN2. The van der Waals surface area contributed by atoms with Crippen LogP contribution in [-0.4, -0.2) is 13.1 Å². The van der Waals surface area contributed by atoms with E-state index in [1.54, 1.807) is 0 Å². The van der Waals surface area contributed by atoms with Gasteiger partial charge in [0.05, 0.1) is 6.07 Å². The Hall–Kier alpha value is -1.01. The first-order chi connectivity index (χ1) is 8.20. The summed E-state index contributed by atoms with van der Waals surface area (Å²) in [7, 11) is 0. The monoisotopic (exact) mass is 292 g/mol. The van der Waals surface area contributed by atoms with E-state index in [2.05, 4.69) is 52.0 Å². The van der Waals surface area contributed by atoms with Crippen LogP contribution in [0.15, 0.2) is 22.7 Å². The van der Waals surface area contributed by atoms with Crippen LogP contribution in [0.25, 0.3) is 0 Å². The summed E-state index contributed by atoms with van der Waals surface area (Å²) < 4.78 is 1.18. The highest BCUT2D eigenvalue weighted by molar-refractivity contribution is 9.10. The lowest BCUT2D eigenvalue weighted by molar-refractivity contribution is 0.413. The molecule has 0 atom stereocenters. The van der Waals surface area contributed by atoms with Gasteiger partial charge >= 0.3 is 0 Å². The van der Waals surface area contributed by atoms with Crippen molar-refractivity contribution in [2.24, 2.45) is 5.92 Å². The number of halogens is 1. The Bertz CT molecular complexity index is 428. The summed E-state index contributed by atoms with van der Waals surface area (Å²) in [5.41, 5.74) is 2.56. The standard InChI is InChI=1S/C14H17BrN2/c1-11-2-3-13(10-14(11)15)17-8-5-12(4-7-16)6-9-17/h2-3,10,12H,4-6,8-9H2,1H3. The molecule has 2 nitrogen and oxygen atoms in total. The highest BCUT2D eigenvalue weighted by Crippen LogP contribution is 2.28. The van der Waals surface area contributed by atoms with Crippen molar-refractivity contribution in [1.29, 1.82) is 5.26 Å². The molecule has 0 aromatic heterocycles. The van der Waals surface area contributed by atoms with Crippen molar-refractivity contribution in [2.75, 3.05) is 18.0 Å². The summed E-state index contributed by atoms with van der Waals surface area (Å²) in [5, 5.41) is 8.70. The molecule has 2 rings (SSSR count). The lowest BCUT2D eigenvalue weighted by atomic mass is 9.94. The quantitative estimate of drug-likeness (QED) is 0.827. The van der Waals surface area contributed by atoms with E-state index in [9.17, 15) is 0 Å². The fourth-order valence-corrected chi connectivity index (χ4v) is 2.67. The van der Waals surface area contributed by atoms with Crippen molar-refractivity contribution in [1.82, 2.24) is 0 Å². The lowest BCUT2D eigenvalue weighted by Crippen LogP contribution is -2.33. The van der Waals surface area contributed by atoms with Crippen LogP contribution < -0.4 is 4.90 Å². The van der Waals surface area contributed by atoms with Crippen LogP contribution in [0.3, 0.4) is 0 Å². The normalized spacial score (nSPS) is 16.9. The number of nitriles is 1. The molecule has 1 heterocycles. The molecule has 1 aromatic carbocycles. The number of hydrogen-bond donors (Lipinski definition) is 0. The van der Waals surface area contributed by atoms with Gasteiger partial charge in [0.1, 0.15) is 0 Å². The third-order valence-corrected chi connectivity index (χ3v) is 4.37. The molecule has 0 N–H and O–H groups in total. The van der Waals surface area contributed by atoms with Crippen LogP contribution >= 0.6 is 15.9 Å². The van der Waals surface area contributed by atoms with E-state index in [-0.39, 0.29) is 0 Å². The van der Waals surface area contributed by atoms with Gasteiger partial charge in [-0.3, -0.25) is 0 Å². The van der Waals surface area contributed by atoms with Crippen molar-refractivity contribution in [3.05, 3.63) is 28.2 Å². The number of benzene rings is 1. The zero-order chi connectivity index (χ0) is 12.3. The second-order valence-electron chi connectivity index (χ2n) is 4.73. The SMILES string of the molecule is Cc1ccc(N2CCC(CC#N)CC2)cc1Br. The van der Waals surface area contributed by atoms with E-state index in [1.807, 2.05) is 0 Å². The Morgan fingerprint density at radius 2 is 2.12 bits per heavy atom. The maximum atomic E-state index is 8.70. The van der Waals surface area contributed by atoms with Crippen LogP contribution in [-0.2, 0) is 0 Å². The average molecular weight is 293 g/mol. The number of anilines is 1. The van der Waals surface area contributed by atoms with Crippen LogP contribution in [0.5, 0.6) is 0 Å². The highest BCUT2D eigenvalue weighted by Gasteiger charge is 2.19. The first-order valence-corrected chi connectivity index (χ1v) is 6.88. The Balaban J connectivity index is 2.01. The van der Waals surface area contributed by atoms with Gasteiger partial charge in [-0.15, -0.1) is 0 Å². The molecule has 3 heteroatoms. The Morgan fingerprint density at radius 1 is 1.41 bits per heavy atom. The Kier molecular flexibility index (Phi) is 4.06. The Labute approximate surface area is 111 Å². The minimum absolute atomic E-state index is 0.602. The Morgan fingerprint density at radius 3 is 2.71 bits per heavy atom. The fraction of sp³-hybridized carbons (Fsp3) is 0.500. The molecule has 1 aliphatic heterocycles. The van der Waals surface area contributed by atoms with Gasteiger partial charge in [-0.2, -0.15) is 5.26 Å². The van der Waals surface area contributed by atoms with Gasteiger partial charge in [-0.1, -0.05) is 22.0 Å². The van der Waals surface area contributed by atoms with E-state index >= 15 is 0 Å². The van der Waals surface area contributed by atoms with Crippen LogP contribution in [0.4, 0.5) is 5.69 Å². The summed E-state index contributed by atoms with van der Waals surface area (Å²) in [4.78, 5) is 2.41. The molecule has 0 unspecified atom stereocenters. The second-order valence-corrected chi connectivity index (χ2v) is 5.58. The van der Waals surface area contributed by atoms with Crippen LogP contribution in [0.1, 0.15) is 24.8 Å². The van der Waals surface area contributed by atoms with E-state index in [0.717, 1.165) is 25.9 Å². The minimum atomic E-state index is 0.602. The number of aryl methyl sites for hydroxylation is 1. The molecule has 0 bridgehead atoms. The lowest BCUT2D eigenvalue weighted by Gasteiger charge is -2.33. The molecule has 90 valence electrons. The average Bonchev–Trinajstić information content (AvgIpc) is 2.34. The molecule has 1 aromatic rings. The van der Waals surface area contributed by atoms with Crippen molar-refractivity contribution in [2.45, 2.75) is 26.2 Å². The van der Waals surface area contributed by atoms with E-state index in [0.29, 0.717) is 12.3 Å². The van der Waals surface area contributed by atoms with Crippen LogP contribution in [0, 0.1) is 24.2 Å². The predicted octanol–water partition coefficient (Wildman–Crippen LogP) is 3.89. The highest BCUT2D eigenvalue weighted by atomic mass is 79.9. The minimum Gasteiger partial charge on any atom is -0.371 e. The first-order valence-electron chi connectivity index (χ1n) is 6.08. The van der Waals surface area contributed by atoms with Crippen LogP contribution in [0.2, 0.25) is 0 Å². The molecule has 0 amide bonds. The number of hydrogen-bond acceptors (Lipinski definition) is 2. The molecule has 1 aliphatic rings. The van der Waals surface area contributed by atoms with Gasteiger partial charge < -0.3 is 4.90 Å². The number of rotatable bonds is 2. The summed E-state index contributed by atoms with van der Waals surface area (Å²) in [6, 6.07) is 8.82. The molecule has 17 heavy (non-hydrogen) atoms. The maximum absolute atomic E-state index is 8.70. The maximum Gasteiger partial charge on any atom is 0.0624 e. The van der Waals surface area contributed by atoms with E-state index in [4.69, 9.17) is 5.26 Å². The van der Waals surface area contributed by atoms with Gasteiger partial charge in [0.25, 0.3) is 0 Å². The zero-order valence-electron chi connectivity index (χ0n) is 10.1. The predicted molar refractivity (Wildman–Crippen MR) is 74.0 cm³/mol. The molecule has 0 spiro atoms. The first kappa shape index (κ1) is 12.4. The number of nitrogens with zero attached hydrogens (tertiary/aromatic N) is 2. The summed E-state index contributed by atoms with van der Waals surface area (Å²) in [6.07, 6.45) is 2.99. The van der Waals surface area contributed by atoms with Gasteiger partial charge in [0.15, 0.2) is 0 Å². The topological polar surface area (TPSA) is 27.0 Å². The molecule has 0 radical (unpaired) electrons. The van der Waals surface area contributed by atoms with Gasteiger partial charge in [0.2, 0.25) is 0 Å². The van der Waals surface area contributed by atoms with Gasteiger partial charge in [-0.05, 0) is 43.4 Å². The zero-order valence-corrected chi connectivity index (χ0v) is 11.7.